The van der Waals surface area contributed by atoms with Gasteiger partial charge in [0.1, 0.15) is 73.2 Å². The molecule has 2 rings (SSSR count). The molecule has 2 aliphatic rings. The van der Waals surface area contributed by atoms with E-state index in [2.05, 4.69) is 0 Å². The zero-order valence-electron chi connectivity index (χ0n) is 17.9. The first-order valence-electron chi connectivity index (χ1n) is 10.5. The van der Waals surface area contributed by atoms with Gasteiger partial charge in [0.05, 0.1) is 26.4 Å². The molecule has 2 fully saturated rings. The third kappa shape index (κ3) is 6.37. The van der Waals surface area contributed by atoms with Crippen LogP contribution in [-0.2, 0) is 18.9 Å². The molecule has 2 aliphatic heterocycles. The molecule has 14 atom stereocenters. The highest BCUT2D eigenvalue weighted by molar-refractivity contribution is 4.93. The zero-order valence-corrected chi connectivity index (χ0v) is 17.9. The second-order valence-electron chi connectivity index (χ2n) is 8.09. The third-order valence-corrected chi connectivity index (χ3v) is 5.76. The summed E-state index contributed by atoms with van der Waals surface area (Å²) in [6.07, 6.45) is -25.0. The fraction of sp³-hybridized carbons (Fsp3) is 1.00. The van der Waals surface area contributed by atoms with Crippen LogP contribution >= 0.6 is 0 Å². The van der Waals surface area contributed by atoms with E-state index in [1.807, 2.05) is 0 Å². The first-order chi connectivity index (χ1) is 16.0. The molecule has 0 unspecified atom stereocenters. The average Bonchev–Trinajstić information content (AvgIpc) is 2.84. The van der Waals surface area contributed by atoms with E-state index < -0.39 is 112 Å². The predicted octanol–water partition coefficient (Wildman–Crippen LogP) is -7.94. The lowest BCUT2D eigenvalue weighted by Gasteiger charge is -2.44. The van der Waals surface area contributed by atoms with E-state index in [4.69, 9.17) is 18.9 Å². The van der Waals surface area contributed by atoms with Crippen molar-refractivity contribution in [1.82, 2.24) is 0 Å². The number of rotatable bonds is 11. The number of hydrogen-bond acceptors (Lipinski definition) is 16. The van der Waals surface area contributed by atoms with Crippen molar-refractivity contribution >= 4 is 0 Å². The average molecular weight is 506 g/mol. The molecule has 2 saturated heterocycles. The van der Waals surface area contributed by atoms with Crippen LogP contribution in [0.3, 0.4) is 0 Å². The van der Waals surface area contributed by atoms with Gasteiger partial charge in [-0.05, 0) is 0 Å². The van der Waals surface area contributed by atoms with Crippen molar-refractivity contribution in [3.05, 3.63) is 0 Å². The van der Waals surface area contributed by atoms with Crippen LogP contribution in [0.25, 0.3) is 0 Å². The number of ether oxygens (including phenoxy) is 4. The summed E-state index contributed by atoms with van der Waals surface area (Å²) in [5.74, 6) is 0. The highest BCUT2D eigenvalue weighted by atomic mass is 16.7. The van der Waals surface area contributed by atoms with Crippen molar-refractivity contribution in [2.24, 2.45) is 0 Å². The van der Waals surface area contributed by atoms with Crippen LogP contribution in [-0.4, -0.2) is 174 Å². The number of aliphatic hydroxyl groups is 12. The van der Waals surface area contributed by atoms with Crippen LogP contribution in [0.5, 0.6) is 0 Å². The smallest absolute Gasteiger partial charge is 0.187 e. The standard InChI is InChI=1S/C18H34O16/c19-1-5(23)9(24)16(34-18-15(30)13(28)11(26)7(3-21)32-18)8(4-22)33-17-14(29)12(27)10(25)6(2-20)31-17/h5-30H,1-4H2/t5-,6+,7+,8+,9+,10-,11-,12-,13-,14+,15+,16+,17-,18-/m0/s1. The molecule has 34 heavy (non-hydrogen) atoms. The van der Waals surface area contributed by atoms with Crippen molar-refractivity contribution < 1.29 is 80.2 Å². The first kappa shape index (κ1) is 29.6. The molecule has 0 bridgehead atoms. The second-order valence-corrected chi connectivity index (χ2v) is 8.09. The van der Waals surface area contributed by atoms with Crippen LogP contribution in [0.4, 0.5) is 0 Å². The van der Waals surface area contributed by atoms with Gasteiger partial charge in [-0.3, -0.25) is 0 Å². The summed E-state index contributed by atoms with van der Waals surface area (Å²) in [7, 11) is 0. The maximum atomic E-state index is 10.5. The van der Waals surface area contributed by atoms with Crippen LogP contribution in [0.15, 0.2) is 0 Å². The SMILES string of the molecule is OC[C@H](O)[C@@H](O)[C@H](O[C@@H]1O[C@H](CO)[C@H](O)[C@H](O)[C@H]1O)[C@@H](CO)O[C@@H]1O[C@H](CO)[C@H](O)[C@H](O)[C@H]1O. The van der Waals surface area contributed by atoms with E-state index >= 15 is 0 Å². The van der Waals surface area contributed by atoms with Gasteiger partial charge in [0.2, 0.25) is 0 Å². The van der Waals surface area contributed by atoms with Gasteiger partial charge in [-0.15, -0.1) is 0 Å². The maximum absolute atomic E-state index is 10.5. The molecule has 16 heteroatoms. The van der Waals surface area contributed by atoms with Crippen LogP contribution in [0.2, 0.25) is 0 Å². The van der Waals surface area contributed by atoms with Gasteiger partial charge >= 0.3 is 0 Å². The third-order valence-electron chi connectivity index (χ3n) is 5.76. The van der Waals surface area contributed by atoms with Gasteiger partial charge in [0.25, 0.3) is 0 Å². The minimum Gasteiger partial charge on any atom is -0.394 e. The lowest BCUT2D eigenvalue weighted by molar-refractivity contribution is -0.351. The maximum Gasteiger partial charge on any atom is 0.187 e. The van der Waals surface area contributed by atoms with Gasteiger partial charge < -0.3 is 80.2 Å². The van der Waals surface area contributed by atoms with E-state index in [1.165, 1.54) is 0 Å². The van der Waals surface area contributed by atoms with Crippen LogP contribution in [0, 0.1) is 0 Å². The molecule has 16 nitrogen and oxygen atoms in total. The van der Waals surface area contributed by atoms with E-state index in [0.717, 1.165) is 0 Å². The monoisotopic (exact) mass is 506 g/mol. The molecule has 0 radical (unpaired) electrons. The van der Waals surface area contributed by atoms with Gasteiger partial charge in [-0.2, -0.15) is 0 Å². The molecule has 0 saturated carbocycles. The largest absolute Gasteiger partial charge is 0.394 e. The van der Waals surface area contributed by atoms with Crippen molar-refractivity contribution in [1.29, 1.82) is 0 Å². The molecule has 202 valence electrons. The molecule has 12 N–H and O–H groups in total. The summed E-state index contributed by atoms with van der Waals surface area (Å²) in [5.41, 5.74) is 0. The Morgan fingerprint density at radius 3 is 1.41 bits per heavy atom. The van der Waals surface area contributed by atoms with Gasteiger partial charge in [0.15, 0.2) is 12.6 Å². The van der Waals surface area contributed by atoms with Crippen LogP contribution < -0.4 is 0 Å². The Balaban J connectivity index is 2.27. The molecule has 2 heterocycles. The summed E-state index contributed by atoms with van der Waals surface area (Å²) in [6.45, 7) is -3.59. The molecule has 0 aromatic rings. The Hall–Kier alpha value is -0.640. The molecule has 0 spiro atoms. The van der Waals surface area contributed by atoms with Crippen molar-refractivity contribution in [3.8, 4) is 0 Å². The summed E-state index contributed by atoms with van der Waals surface area (Å²) in [4.78, 5) is 0. The van der Waals surface area contributed by atoms with E-state index in [-0.39, 0.29) is 0 Å². The summed E-state index contributed by atoms with van der Waals surface area (Å²) < 4.78 is 21.2. The fourth-order valence-electron chi connectivity index (χ4n) is 3.63. The molecule has 0 aromatic heterocycles. The minimum absolute atomic E-state index is 0.786. The Morgan fingerprint density at radius 2 is 1.03 bits per heavy atom. The van der Waals surface area contributed by atoms with Gasteiger partial charge in [-0.25, -0.2) is 0 Å². The molecule has 0 aromatic carbocycles. The second kappa shape index (κ2) is 13.1. The number of aliphatic hydroxyl groups excluding tert-OH is 12. The Labute approximate surface area is 193 Å². The lowest BCUT2D eigenvalue weighted by Crippen LogP contribution is -2.63. The van der Waals surface area contributed by atoms with Gasteiger partial charge in [0, 0.05) is 0 Å². The minimum atomic E-state index is -2.04. The molecular formula is C18H34O16. The molecule has 0 amide bonds. The highest BCUT2D eigenvalue weighted by Gasteiger charge is 2.49. The molecule has 0 aliphatic carbocycles. The predicted molar refractivity (Wildman–Crippen MR) is 103 cm³/mol. The Kier molecular flexibility index (Phi) is 11.4. The van der Waals surface area contributed by atoms with Crippen molar-refractivity contribution in [3.63, 3.8) is 0 Å². The van der Waals surface area contributed by atoms with Crippen molar-refractivity contribution in [2.45, 2.75) is 85.8 Å². The number of hydrogen-bond donors (Lipinski definition) is 12. The topological polar surface area (TPSA) is 280 Å². The van der Waals surface area contributed by atoms with Gasteiger partial charge in [-0.1, -0.05) is 0 Å². The summed E-state index contributed by atoms with van der Waals surface area (Å²) >= 11 is 0. The summed E-state index contributed by atoms with van der Waals surface area (Å²) in [6, 6.07) is 0. The summed E-state index contributed by atoms with van der Waals surface area (Å²) in [5, 5.41) is 118. The lowest BCUT2D eigenvalue weighted by atomic mass is 9.98. The fourth-order valence-corrected chi connectivity index (χ4v) is 3.63. The molecular weight excluding hydrogens is 472 g/mol. The quantitative estimate of drug-likeness (QED) is 0.124. The Bertz CT molecular complexity index is 594. The first-order valence-corrected chi connectivity index (χ1v) is 10.5. The van der Waals surface area contributed by atoms with E-state index in [1.54, 1.807) is 0 Å². The Morgan fingerprint density at radius 1 is 0.588 bits per heavy atom. The normalized spacial score (nSPS) is 42.7. The van der Waals surface area contributed by atoms with E-state index in [0.29, 0.717) is 0 Å². The van der Waals surface area contributed by atoms with E-state index in [9.17, 15) is 61.3 Å². The van der Waals surface area contributed by atoms with Crippen molar-refractivity contribution in [2.75, 3.05) is 26.4 Å². The highest BCUT2D eigenvalue weighted by Crippen LogP contribution is 2.28. The van der Waals surface area contributed by atoms with Crippen LogP contribution in [0.1, 0.15) is 0 Å². The zero-order chi connectivity index (χ0) is 25.7.